The average Bonchev–Trinajstić information content (AvgIpc) is 3.23. The number of rotatable bonds is 2. The van der Waals surface area contributed by atoms with Crippen LogP contribution in [0.2, 0.25) is 0 Å². The number of carbonyl (C=O) groups excluding carboxylic acids is 1. The van der Waals surface area contributed by atoms with Crippen molar-refractivity contribution in [3.8, 4) is 0 Å². The Hall–Kier alpha value is -2.83. The van der Waals surface area contributed by atoms with Crippen molar-refractivity contribution in [2.75, 3.05) is 31.1 Å². The number of carbonyl (C=O) groups is 1. The van der Waals surface area contributed by atoms with Gasteiger partial charge < -0.3 is 14.4 Å². The molecule has 0 aliphatic carbocycles. The van der Waals surface area contributed by atoms with E-state index < -0.39 is 0 Å². The second-order valence-electron chi connectivity index (χ2n) is 6.24. The van der Waals surface area contributed by atoms with Crippen LogP contribution >= 0.6 is 0 Å². The summed E-state index contributed by atoms with van der Waals surface area (Å²) in [6, 6.07) is 8.26. The van der Waals surface area contributed by atoms with Gasteiger partial charge in [-0.25, -0.2) is 5.10 Å². The van der Waals surface area contributed by atoms with Gasteiger partial charge in [0.2, 0.25) is 5.95 Å². The fourth-order valence-corrected chi connectivity index (χ4v) is 3.31. The molecule has 124 valence electrons. The van der Waals surface area contributed by atoms with Gasteiger partial charge in [-0.15, -0.1) is 0 Å². The van der Waals surface area contributed by atoms with E-state index in [0.29, 0.717) is 13.1 Å². The van der Waals surface area contributed by atoms with Crippen LogP contribution in [0.1, 0.15) is 16.1 Å². The zero-order valence-corrected chi connectivity index (χ0v) is 13.9. The van der Waals surface area contributed by atoms with E-state index in [1.165, 1.54) is 11.9 Å². The lowest BCUT2D eigenvalue weighted by Crippen LogP contribution is -2.49. The second kappa shape index (κ2) is 5.67. The lowest BCUT2D eigenvalue weighted by molar-refractivity contribution is 0.0737. The maximum absolute atomic E-state index is 12.9. The van der Waals surface area contributed by atoms with Gasteiger partial charge in [0.05, 0.1) is 0 Å². The van der Waals surface area contributed by atoms with Gasteiger partial charge in [0.25, 0.3) is 5.91 Å². The van der Waals surface area contributed by atoms with Crippen molar-refractivity contribution < 1.29 is 4.79 Å². The quantitative estimate of drug-likeness (QED) is 0.777. The van der Waals surface area contributed by atoms with E-state index in [4.69, 9.17) is 0 Å². The topological polar surface area (TPSA) is 70.1 Å². The van der Waals surface area contributed by atoms with Crippen molar-refractivity contribution in [3.05, 3.63) is 41.9 Å². The summed E-state index contributed by atoms with van der Waals surface area (Å²) >= 11 is 0. The van der Waals surface area contributed by atoms with Gasteiger partial charge in [-0.3, -0.25) is 4.79 Å². The number of nitrogens with zero attached hydrogens (tertiary/aromatic N) is 5. The molecule has 1 aliphatic rings. The molecule has 0 unspecified atom stereocenters. The molecule has 0 radical (unpaired) electrons. The van der Waals surface area contributed by atoms with Crippen molar-refractivity contribution in [2.24, 2.45) is 7.05 Å². The first-order valence-electron chi connectivity index (χ1n) is 8.09. The van der Waals surface area contributed by atoms with Gasteiger partial charge in [-0.2, -0.15) is 10.1 Å². The van der Waals surface area contributed by atoms with Crippen LogP contribution in [0, 0.1) is 6.92 Å². The number of aromatic nitrogens is 4. The number of hydrogen-bond donors (Lipinski definition) is 1. The number of amides is 1. The molecule has 4 rings (SSSR count). The van der Waals surface area contributed by atoms with E-state index in [1.807, 2.05) is 22.6 Å². The normalized spacial score (nSPS) is 15.2. The summed E-state index contributed by atoms with van der Waals surface area (Å²) in [4.78, 5) is 21.1. The van der Waals surface area contributed by atoms with Gasteiger partial charge in [0.1, 0.15) is 12.0 Å². The van der Waals surface area contributed by atoms with Crippen LogP contribution in [-0.2, 0) is 7.05 Å². The Morgan fingerprint density at radius 2 is 1.96 bits per heavy atom. The molecule has 1 aromatic carbocycles. The first-order chi connectivity index (χ1) is 11.6. The standard InChI is InChI=1S/C17H20N6O/c1-12-3-4-14-13(9-12)10-15(21(14)2)16(24)22-5-7-23(8-6-22)17-18-11-19-20-17/h3-4,9-11H,5-8H2,1-2H3,(H,18,19,20). The summed E-state index contributed by atoms with van der Waals surface area (Å²) in [5, 5.41) is 7.86. The van der Waals surface area contributed by atoms with Crippen molar-refractivity contribution >= 4 is 22.8 Å². The minimum atomic E-state index is 0.0866. The summed E-state index contributed by atoms with van der Waals surface area (Å²) < 4.78 is 1.99. The molecule has 1 aliphatic heterocycles. The number of hydrogen-bond acceptors (Lipinski definition) is 4. The molecule has 7 nitrogen and oxygen atoms in total. The first kappa shape index (κ1) is 14.7. The van der Waals surface area contributed by atoms with Gasteiger partial charge in [-0.1, -0.05) is 11.6 Å². The Labute approximate surface area is 139 Å². The SMILES string of the molecule is Cc1ccc2c(c1)cc(C(=O)N1CCN(c3ncn[nH]3)CC1)n2C. The molecule has 2 aromatic heterocycles. The lowest BCUT2D eigenvalue weighted by atomic mass is 10.2. The van der Waals surface area contributed by atoms with Crippen LogP contribution in [-0.4, -0.2) is 56.7 Å². The Morgan fingerprint density at radius 3 is 2.67 bits per heavy atom. The largest absolute Gasteiger partial charge is 0.340 e. The van der Waals surface area contributed by atoms with Crippen LogP contribution in [0.3, 0.4) is 0 Å². The molecule has 24 heavy (non-hydrogen) atoms. The van der Waals surface area contributed by atoms with Crippen LogP contribution < -0.4 is 4.90 Å². The fraction of sp³-hybridized carbons (Fsp3) is 0.353. The van der Waals surface area contributed by atoms with E-state index in [1.54, 1.807) is 0 Å². The number of aromatic amines is 1. The molecule has 1 saturated heterocycles. The third-order valence-corrected chi connectivity index (χ3v) is 4.69. The highest BCUT2D eigenvalue weighted by Crippen LogP contribution is 2.22. The summed E-state index contributed by atoms with van der Waals surface area (Å²) in [6.07, 6.45) is 1.50. The Balaban J connectivity index is 1.53. The highest BCUT2D eigenvalue weighted by atomic mass is 16.2. The maximum atomic E-state index is 12.9. The van der Waals surface area contributed by atoms with E-state index in [9.17, 15) is 4.79 Å². The average molecular weight is 324 g/mol. The van der Waals surface area contributed by atoms with Crippen molar-refractivity contribution in [2.45, 2.75) is 6.92 Å². The molecule has 0 saturated carbocycles. The number of piperazine rings is 1. The summed E-state index contributed by atoms with van der Waals surface area (Å²) in [5.74, 6) is 0.853. The minimum Gasteiger partial charge on any atom is -0.340 e. The highest BCUT2D eigenvalue weighted by Gasteiger charge is 2.25. The van der Waals surface area contributed by atoms with E-state index in [0.717, 1.165) is 35.6 Å². The van der Waals surface area contributed by atoms with Gasteiger partial charge in [-0.05, 0) is 25.1 Å². The lowest BCUT2D eigenvalue weighted by Gasteiger charge is -2.34. The summed E-state index contributed by atoms with van der Waals surface area (Å²) in [5.41, 5.74) is 3.03. The molecular formula is C17H20N6O. The smallest absolute Gasteiger partial charge is 0.270 e. The molecule has 0 atom stereocenters. The second-order valence-corrected chi connectivity index (χ2v) is 6.24. The number of aryl methyl sites for hydroxylation is 2. The third-order valence-electron chi connectivity index (χ3n) is 4.69. The van der Waals surface area contributed by atoms with E-state index in [2.05, 4.69) is 45.2 Å². The van der Waals surface area contributed by atoms with Crippen molar-refractivity contribution in [1.82, 2.24) is 24.6 Å². The van der Waals surface area contributed by atoms with Crippen molar-refractivity contribution in [1.29, 1.82) is 0 Å². The van der Waals surface area contributed by atoms with Gasteiger partial charge >= 0.3 is 0 Å². The molecule has 0 spiro atoms. The third kappa shape index (κ3) is 2.42. The Kier molecular flexibility index (Phi) is 3.48. The molecule has 3 aromatic rings. The number of benzene rings is 1. The van der Waals surface area contributed by atoms with Crippen LogP contribution in [0.4, 0.5) is 5.95 Å². The number of fused-ring (bicyclic) bond motifs is 1. The molecule has 1 fully saturated rings. The monoisotopic (exact) mass is 324 g/mol. The molecule has 1 N–H and O–H groups in total. The van der Waals surface area contributed by atoms with Gasteiger partial charge in [0.15, 0.2) is 0 Å². The first-order valence-corrected chi connectivity index (χ1v) is 8.09. The number of nitrogens with one attached hydrogen (secondary N) is 1. The van der Waals surface area contributed by atoms with Gasteiger partial charge in [0, 0.05) is 44.1 Å². The highest BCUT2D eigenvalue weighted by molar-refractivity contribution is 5.99. The van der Waals surface area contributed by atoms with Crippen molar-refractivity contribution in [3.63, 3.8) is 0 Å². The zero-order valence-electron chi connectivity index (χ0n) is 13.9. The molecule has 7 heteroatoms. The van der Waals surface area contributed by atoms with Crippen LogP contribution in [0.5, 0.6) is 0 Å². The minimum absolute atomic E-state index is 0.0866. The Morgan fingerprint density at radius 1 is 1.17 bits per heavy atom. The molecule has 1 amide bonds. The fourth-order valence-electron chi connectivity index (χ4n) is 3.31. The maximum Gasteiger partial charge on any atom is 0.270 e. The Bertz CT molecular complexity index is 874. The van der Waals surface area contributed by atoms with E-state index in [-0.39, 0.29) is 5.91 Å². The van der Waals surface area contributed by atoms with Crippen LogP contribution in [0.25, 0.3) is 10.9 Å². The molecular weight excluding hydrogens is 304 g/mol. The summed E-state index contributed by atoms with van der Waals surface area (Å²) in [6.45, 7) is 4.94. The number of anilines is 1. The summed E-state index contributed by atoms with van der Waals surface area (Å²) in [7, 11) is 1.95. The molecule has 3 heterocycles. The predicted molar refractivity (Wildman–Crippen MR) is 92.2 cm³/mol. The van der Waals surface area contributed by atoms with Crippen LogP contribution in [0.15, 0.2) is 30.6 Å². The molecule has 0 bridgehead atoms. The van der Waals surface area contributed by atoms with E-state index >= 15 is 0 Å². The predicted octanol–water partition coefficient (Wildman–Crippen LogP) is 1.57. The number of H-pyrrole nitrogens is 1. The zero-order chi connectivity index (χ0) is 16.7.